The number of rotatable bonds is 6. The van der Waals surface area contributed by atoms with Crippen LogP contribution in [0, 0.1) is 5.92 Å². The minimum absolute atomic E-state index is 0.115. The molecule has 1 saturated carbocycles. The minimum Gasteiger partial charge on any atom is -0.455 e. The average molecular weight is 498 g/mol. The van der Waals surface area contributed by atoms with Gasteiger partial charge in [0.25, 0.3) is 0 Å². The van der Waals surface area contributed by atoms with Crippen LogP contribution in [0.2, 0.25) is 0 Å². The molecule has 1 fully saturated rings. The van der Waals surface area contributed by atoms with Crippen LogP contribution in [0.1, 0.15) is 38.7 Å². The standard InChI is InChI=1S/C18H19F5N4O5S/c19-17(20)27-8-11-12(26-27)6-10(7-14(11)33(24,30)31)25-15(28)5-9-3-1-2-4-13(9)32-16(29)18(21,22)23/h6-9,13,17H,1-5H2,(H,25,28)(H2,24,30,31). The Kier molecular flexibility index (Phi) is 6.93. The van der Waals surface area contributed by atoms with Gasteiger partial charge in [-0.2, -0.15) is 27.1 Å². The number of amides is 1. The van der Waals surface area contributed by atoms with Crippen molar-refractivity contribution in [3.63, 3.8) is 0 Å². The maximum absolute atomic E-state index is 12.9. The minimum atomic E-state index is -5.16. The summed E-state index contributed by atoms with van der Waals surface area (Å²) in [5, 5.41) is 10.9. The average Bonchev–Trinajstić information content (AvgIpc) is 3.11. The van der Waals surface area contributed by atoms with Crippen molar-refractivity contribution >= 4 is 38.5 Å². The lowest BCUT2D eigenvalue weighted by Gasteiger charge is -2.31. The number of fused-ring (bicyclic) bond motifs is 1. The number of anilines is 1. The quantitative estimate of drug-likeness (QED) is 0.465. The summed E-state index contributed by atoms with van der Waals surface area (Å²) in [5.41, 5.74) is -0.289. The molecule has 3 rings (SSSR count). The maximum atomic E-state index is 12.9. The van der Waals surface area contributed by atoms with E-state index in [1.807, 2.05) is 0 Å². The van der Waals surface area contributed by atoms with Gasteiger partial charge in [0, 0.05) is 29.6 Å². The van der Waals surface area contributed by atoms with Gasteiger partial charge in [-0.1, -0.05) is 6.42 Å². The molecule has 9 nitrogen and oxygen atoms in total. The van der Waals surface area contributed by atoms with E-state index in [0.717, 1.165) is 18.3 Å². The SMILES string of the molecule is NS(=O)(=O)c1cc(NC(=O)CC2CCCCC2OC(=O)C(F)(F)F)cc2nn(C(F)F)cc12. The van der Waals surface area contributed by atoms with Gasteiger partial charge in [-0.15, -0.1) is 0 Å². The van der Waals surface area contributed by atoms with E-state index in [2.05, 4.69) is 15.2 Å². The topological polar surface area (TPSA) is 133 Å². The number of primary sulfonamides is 1. The molecule has 1 heterocycles. The molecular formula is C18H19F5N4O5S. The van der Waals surface area contributed by atoms with E-state index < -0.39 is 51.5 Å². The van der Waals surface area contributed by atoms with Crippen molar-refractivity contribution < 1.29 is 44.7 Å². The van der Waals surface area contributed by atoms with Crippen molar-refractivity contribution in [1.29, 1.82) is 0 Å². The Morgan fingerprint density at radius 3 is 2.52 bits per heavy atom. The Hall–Kier alpha value is -2.81. The number of nitrogens with one attached hydrogen (secondary N) is 1. The highest BCUT2D eigenvalue weighted by Gasteiger charge is 2.43. The number of benzene rings is 1. The van der Waals surface area contributed by atoms with Gasteiger partial charge in [0.05, 0.1) is 10.4 Å². The molecule has 182 valence electrons. The monoisotopic (exact) mass is 498 g/mol. The van der Waals surface area contributed by atoms with Gasteiger partial charge in [-0.3, -0.25) is 4.79 Å². The number of nitrogens with two attached hydrogens (primary N) is 1. The van der Waals surface area contributed by atoms with Crippen LogP contribution in [-0.4, -0.2) is 42.4 Å². The molecule has 0 radical (unpaired) electrons. The number of esters is 1. The molecule has 0 bridgehead atoms. The molecule has 0 spiro atoms. The second-order valence-corrected chi connectivity index (χ2v) is 9.11. The lowest BCUT2D eigenvalue weighted by molar-refractivity contribution is -0.208. The fraction of sp³-hybridized carbons (Fsp3) is 0.500. The lowest BCUT2D eigenvalue weighted by atomic mass is 9.84. The molecule has 2 atom stereocenters. The lowest BCUT2D eigenvalue weighted by Crippen LogP contribution is -2.37. The van der Waals surface area contributed by atoms with E-state index in [4.69, 9.17) is 5.14 Å². The number of aromatic nitrogens is 2. The van der Waals surface area contributed by atoms with Gasteiger partial charge in [0.15, 0.2) is 0 Å². The summed E-state index contributed by atoms with van der Waals surface area (Å²) < 4.78 is 92.1. The molecule has 0 aliphatic heterocycles. The van der Waals surface area contributed by atoms with Crippen LogP contribution in [-0.2, 0) is 24.3 Å². The molecule has 1 aliphatic rings. The molecule has 15 heteroatoms. The molecule has 1 aliphatic carbocycles. The summed E-state index contributed by atoms with van der Waals surface area (Å²) >= 11 is 0. The third-order valence-electron chi connectivity index (χ3n) is 5.17. The molecule has 1 amide bonds. The fourth-order valence-corrected chi connectivity index (χ4v) is 4.49. The van der Waals surface area contributed by atoms with Gasteiger partial charge < -0.3 is 10.1 Å². The number of nitrogens with zero attached hydrogens (tertiary/aromatic N) is 2. The Morgan fingerprint density at radius 2 is 1.91 bits per heavy atom. The van der Waals surface area contributed by atoms with Crippen molar-refractivity contribution in [2.45, 2.75) is 55.8 Å². The van der Waals surface area contributed by atoms with Crippen LogP contribution >= 0.6 is 0 Å². The molecule has 2 unspecified atom stereocenters. The van der Waals surface area contributed by atoms with Crippen LogP contribution in [0.15, 0.2) is 23.2 Å². The summed E-state index contributed by atoms with van der Waals surface area (Å²) in [4.78, 5) is 23.2. The number of hydrogen-bond donors (Lipinski definition) is 2. The van der Waals surface area contributed by atoms with Crippen molar-refractivity contribution in [2.75, 3.05) is 5.32 Å². The van der Waals surface area contributed by atoms with Crippen LogP contribution in [0.25, 0.3) is 10.9 Å². The number of ether oxygens (including phenoxy) is 1. The van der Waals surface area contributed by atoms with Gasteiger partial charge in [-0.05, 0) is 31.4 Å². The molecule has 1 aromatic heterocycles. The second-order valence-electron chi connectivity index (χ2n) is 7.58. The van der Waals surface area contributed by atoms with Gasteiger partial charge in [0.1, 0.15) is 6.10 Å². The first-order valence-corrected chi connectivity index (χ1v) is 11.2. The summed E-state index contributed by atoms with van der Waals surface area (Å²) in [6.07, 6.45) is -4.15. The summed E-state index contributed by atoms with van der Waals surface area (Å²) in [7, 11) is -4.38. The summed E-state index contributed by atoms with van der Waals surface area (Å²) in [5.74, 6) is -3.73. The third kappa shape index (κ3) is 5.96. The third-order valence-corrected chi connectivity index (χ3v) is 6.12. The van der Waals surface area contributed by atoms with Crippen LogP contribution in [0.5, 0.6) is 0 Å². The number of halogens is 5. The highest BCUT2D eigenvalue weighted by atomic mass is 32.2. The molecular weight excluding hydrogens is 479 g/mol. The normalized spacial score (nSPS) is 19.6. The van der Waals surface area contributed by atoms with Gasteiger partial charge in [-0.25, -0.2) is 23.0 Å². The molecule has 0 saturated heterocycles. The van der Waals surface area contributed by atoms with Crippen molar-refractivity contribution in [2.24, 2.45) is 11.1 Å². The Morgan fingerprint density at radius 1 is 1.24 bits per heavy atom. The molecule has 33 heavy (non-hydrogen) atoms. The molecule has 2 aromatic rings. The zero-order valence-corrected chi connectivity index (χ0v) is 17.6. The van der Waals surface area contributed by atoms with Gasteiger partial charge >= 0.3 is 18.7 Å². The van der Waals surface area contributed by atoms with Crippen molar-refractivity contribution in [3.05, 3.63) is 18.3 Å². The van der Waals surface area contributed by atoms with Crippen LogP contribution in [0.4, 0.5) is 27.6 Å². The van der Waals surface area contributed by atoms with Crippen molar-refractivity contribution in [3.8, 4) is 0 Å². The number of carbonyl (C=O) groups excluding carboxylic acids is 2. The largest absolute Gasteiger partial charge is 0.490 e. The van der Waals surface area contributed by atoms with E-state index in [-0.39, 0.29) is 34.1 Å². The zero-order valence-electron chi connectivity index (χ0n) is 16.8. The molecule has 1 aromatic carbocycles. The molecule has 3 N–H and O–H groups in total. The highest BCUT2D eigenvalue weighted by molar-refractivity contribution is 7.89. The predicted octanol–water partition coefficient (Wildman–Crippen LogP) is 3.07. The second kappa shape index (κ2) is 9.21. The number of hydrogen-bond acceptors (Lipinski definition) is 6. The predicted molar refractivity (Wildman–Crippen MR) is 103 cm³/mol. The van der Waals surface area contributed by atoms with Crippen LogP contribution in [0.3, 0.4) is 0 Å². The summed E-state index contributed by atoms with van der Waals surface area (Å²) in [6, 6.07) is 2.12. The number of alkyl halides is 5. The number of sulfonamides is 1. The van der Waals surface area contributed by atoms with E-state index in [0.29, 0.717) is 19.3 Å². The van der Waals surface area contributed by atoms with Crippen LogP contribution < -0.4 is 10.5 Å². The Labute approximate surface area is 184 Å². The Bertz CT molecular complexity index is 1160. The first-order valence-electron chi connectivity index (χ1n) is 9.67. The smallest absolute Gasteiger partial charge is 0.455 e. The Balaban J connectivity index is 1.80. The van der Waals surface area contributed by atoms with E-state index in [1.54, 1.807) is 0 Å². The fourth-order valence-electron chi connectivity index (χ4n) is 3.73. The van der Waals surface area contributed by atoms with E-state index in [9.17, 15) is 40.0 Å². The summed E-state index contributed by atoms with van der Waals surface area (Å²) in [6.45, 7) is -3.05. The zero-order chi connectivity index (χ0) is 24.6. The first-order chi connectivity index (χ1) is 15.3. The number of carbonyl (C=O) groups is 2. The van der Waals surface area contributed by atoms with E-state index >= 15 is 0 Å². The highest BCUT2D eigenvalue weighted by Crippen LogP contribution is 2.32. The maximum Gasteiger partial charge on any atom is 0.490 e. The van der Waals surface area contributed by atoms with Crippen molar-refractivity contribution in [1.82, 2.24) is 9.78 Å². The van der Waals surface area contributed by atoms with Gasteiger partial charge in [0.2, 0.25) is 15.9 Å². The first kappa shape index (κ1) is 24.8. The van der Waals surface area contributed by atoms with E-state index in [1.165, 1.54) is 0 Å².